The molecule has 1 fully saturated rings. The molecule has 34 heavy (non-hydrogen) atoms. The zero-order valence-electron chi connectivity index (χ0n) is 18.0. The molecule has 0 saturated heterocycles. The standard InChI is InChI=1S/C24H21F3N2O3S2/c1-15(29-23(30)24(25,26)27)16-7-10-19(11-8-16)34(31,32)21-12-9-18(17-5-6-17)14-20(21)33-22-4-2-3-13-28-22/h2-4,7-15,17H,5-6H2,1H3,(H,29,30). The topological polar surface area (TPSA) is 76.1 Å². The normalized spacial score (nSPS) is 15.1. The fourth-order valence-corrected chi connectivity index (χ4v) is 6.06. The Morgan fingerprint density at radius 2 is 1.79 bits per heavy atom. The lowest BCUT2D eigenvalue weighted by Gasteiger charge is -2.16. The fourth-order valence-electron chi connectivity index (χ4n) is 3.44. The summed E-state index contributed by atoms with van der Waals surface area (Å²) in [4.78, 5) is 16.2. The second-order valence-corrected chi connectivity index (χ2v) is 11.0. The Morgan fingerprint density at radius 1 is 1.09 bits per heavy atom. The van der Waals surface area contributed by atoms with Crippen LogP contribution in [0.15, 0.2) is 86.6 Å². The molecule has 10 heteroatoms. The number of aromatic nitrogens is 1. The molecule has 1 aromatic heterocycles. The van der Waals surface area contributed by atoms with Gasteiger partial charge < -0.3 is 5.32 Å². The Bertz CT molecular complexity index is 1290. The second-order valence-electron chi connectivity index (χ2n) is 8.02. The van der Waals surface area contributed by atoms with Gasteiger partial charge in [-0.3, -0.25) is 4.79 Å². The number of hydrogen-bond acceptors (Lipinski definition) is 5. The van der Waals surface area contributed by atoms with Crippen LogP contribution in [0.25, 0.3) is 0 Å². The molecule has 178 valence electrons. The summed E-state index contributed by atoms with van der Waals surface area (Å²) in [5.41, 5.74) is 1.44. The van der Waals surface area contributed by atoms with Crippen LogP contribution >= 0.6 is 11.8 Å². The third kappa shape index (κ3) is 5.44. The molecule has 0 spiro atoms. The predicted molar refractivity (Wildman–Crippen MR) is 121 cm³/mol. The highest BCUT2D eigenvalue weighted by molar-refractivity contribution is 8.00. The number of sulfone groups is 1. The van der Waals surface area contributed by atoms with Gasteiger partial charge in [0.2, 0.25) is 9.84 Å². The molecule has 1 heterocycles. The molecule has 1 aliphatic carbocycles. The Labute approximate surface area is 199 Å². The predicted octanol–water partition coefficient (Wildman–Crippen LogP) is 5.68. The van der Waals surface area contributed by atoms with E-state index in [1.807, 2.05) is 23.5 Å². The smallest absolute Gasteiger partial charge is 0.342 e. The highest BCUT2D eigenvalue weighted by Gasteiger charge is 2.39. The molecule has 0 bridgehead atoms. The molecule has 1 amide bonds. The molecule has 1 saturated carbocycles. The van der Waals surface area contributed by atoms with Crippen molar-refractivity contribution in [3.63, 3.8) is 0 Å². The van der Waals surface area contributed by atoms with Crippen molar-refractivity contribution in [1.82, 2.24) is 10.3 Å². The summed E-state index contributed by atoms with van der Waals surface area (Å²) in [6, 6.07) is 15.3. The van der Waals surface area contributed by atoms with Crippen LogP contribution in [0.2, 0.25) is 0 Å². The molecule has 0 radical (unpaired) electrons. The van der Waals surface area contributed by atoms with E-state index < -0.39 is 28.0 Å². The van der Waals surface area contributed by atoms with Gasteiger partial charge in [-0.15, -0.1) is 0 Å². The monoisotopic (exact) mass is 506 g/mol. The maximum absolute atomic E-state index is 13.5. The number of halogens is 3. The minimum Gasteiger partial charge on any atom is -0.342 e. The van der Waals surface area contributed by atoms with Crippen LogP contribution in [-0.2, 0) is 14.6 Å². The number of nitrogens with one attached hydrogen (secondary N) is 1. The molecule has 3 aromatic rings. The van der Waals surface area contributed by atoms with Crippen LogP contribution < -0.4 is 5.32 Å². The van der Waals surface area contributed by atoms with Crippen molar-refractivity contribution in [1.29, 1.82) is 0 Å². The zero-order valence-corrected chi connectivity index (χ0v) is 19.7. The first-order valence-electron chi connectivity index (χ1n) is 10.5. The van der Waals surface area contributed by atoms with Gasteiger partial charge in [0.25, 0.3) is 0 Å². The van der Waals surface area contributed by atoms with Crippen molar-refractivity contribution in [2.24, 2.45) is 0 Å². The third-order valence-electron chi connectivity index (χ3n) is 5.45. The number of pyridine rings is 1. The number of alkyl halides is 3. The van der Waals surface area contributed by atoms with E-state index in [-0.39, 0.29) is 9.79 Å². The Balaban J connectivity index is 1.63. The lowest BCUT2D eigenvalue weighted by atomic mass is 10.1. The van der Waals surface area contributed by atoms with Crippen molar-refractivity contribution in [3.05, 3.63) is 78.0 Å². The molecule has 1 N–H and O–H groups in total. The first kappa shape index (κ1) is 24.3. The third-order valence-corrected chi connectivity index (χ3v) is 8.42. The summed E-state index contributed by atoms with van der Waals surface area (Å²) in [7, 11) is -3.92. The first-order valence-corrected chi connectivity index (χ1v) is 12.8. The van der Waals surface area contributed by atoms with Gasteiger partial charge in [0.05, 0.1) is 15.8 Å². The molecule has 0 aliphatic heterocycles. The van der Waals surface area contributed by atoms with E-state index >= 15 is 0 Å². The van der Waals surface area contributed by atoms with Gasteiger partial charge in [0.15, 0.2) is 0 Å². The average Bonchev–Trinajstić information content (AvgIpc) is 3.64. The number of carbonyl (C=O) groups excluding carboxylic acids is 1. The van der Waals surface area contributed by atoms with Gasteiger partial charge in [-0.1, -0.05) is 36.0 Å². The summed E-state index contributed by atoms with van der Waals surface area (Å²) in [6.45, 7) is 1.39. The van der Waals surface area contributed by atoms with Crippen molar-refractivity contribution in [2.75, 3.05) is 0 Å². The maximum atomic E-state index is 13.5. The van der Waals surface area contributed by atoms with Crippen molar-refractivity contribution >= 4 is 27.5 Å². The highest BCUT2D eigenvalue weighted by Crippen LogP contribution is 2.43. The SMILES string of the molecule is CC(NC(=O)C(F)(F)F)c1ccc(S(=O)(=O)c2ccc(C3CC3)cc2Sc2ccccn2)cc1. The minimum atomic E-state index is -4.99. The number of amides is 1. The Morgan fingerprint density at radius 3 is 2.38 bits per heavy atom. The van der Waals surface area contributed by atoms with E-state index in [0.717, 1.165) is 18.4 Å². The number of carbonyl (C=O) groups is 1. The van der Waals surface area contributed by atoms with Crippen LogP contribution in [0.4, 0.5) is 13.2 Å². The van der Waals surface area contributed by atoms with Crippen LogP contribution in [-0.4, -0.2) is 25.5 Å². The molecule has 4 rings (SSSR count). The van der Waals surface area contributed by atoms with Crippen molar-refractivity contribution in [3.8, 4) is 0 Å². The average molecular weight is 507 g/mol. The lowest BCUT2D eigenvalue weighted by Crippen LogP contribution is -2.38. The van der Waals surface area contributed by atoms with E-state index in [0.29, 0.717) is 21.4 Å². The van der Waals surface area contributed by atoms with E-state index in [1.54, 1.807) is 24.4 Å². The van der Waals surface area contributed by atoms with Crippen LogP contribution in [0.1, 0.15) is 42.9 Å². The molecular formula is C24H21F3N2O3S2. The number of nitrogens with zero attached hydrogens (tertiary/aromatic N) is 1. The molecule has 1 atom stereocenters. The fraction of sp³-hybridized carbons (Fsp3) is 0.250. The van der Waals surface area contributed by atoms with Crippen LogP contribution in [0.5, 0.6) is 0 Å². The van der Waals surface area contributed by atoms with Gasteiger partial charge in [-0.05, 0) is 73.2 Å². The lowest BCUT2D eigenvalue weighted by molar-refractivity contribution is -0.174. The Hall–Kier alpha value is -2.85. The molecule has 2 aromatic carbocycles. The van der Waals surface area contributed by atoms with E-state index in [4.69, 9.17) is 0 Å². The number of rotatable bonds is 7. The van der Waals surface area contributed by atoms with Crippen molar-refractivity contribution < 1.29 is 26.4 Å². The number of hydrogen-bond donors (Lipinski definition) is 1. The molecule has 1 unspecified atom stereocenters. The van der Waals surface area contributed by atoms with Gasteiger partial charge in [-0.2, -0.15) is 13.2 Å². The molecular weight excluding hydrogens is 485 g/mol. The summed E-state index contributed by atoms with van der Waals surface area (Å²) in [5.74, 6) is -1.61. The van der Waals surface area contributed by atoms with Gasteiger partial charge >= 0.3 is 12.1 Å². The summed E-state index contributed by atoms with van der Waals surface area (Å²) in [5, 5.41) is 2.52. The highest BCUT2D eigenvalue weighted by atomic mass is 32.2. The summed E-state index contributed by atoms with van der Waals surface area (Å²) >= 11 is 1.27. The first-order chi connectivity index (χ1) is 16.1. The summed E-state index contributed by atoms with van der Waals surface area (Å²) in [6.07, 6.45) is -1.21. The number of benzene rings is 2. The molecule has 1 aliphatic rings. The van der Waals surface area contributed by atoms with Crippen LogP contribution in [0, 0.1) is 0 Å². The van der Waals surface area contributed by atoms with Gasteiger partial charge in [0, 0.05) is 11.1 Å². The van der Waals surface area contributed by atoms with E-state index in [2.05, 4.69) is 4.98 Å². The second kappa shape index (κ2) is 9.42. The van der Waals surface area contributed by atoms with E-state index in [1.165, 1.54) is 43.0 Å². The molecule has 5 nitrogen and oxygen atoms in total. The van der Waals surface area contributed by atoms with Gasteiger partial charge in [-0.25, -0.2) is 13.4 Å². The van der Waals surface area contributed by atoms with Crippen LogP contribution in [0.3, 0.4) is 0 Å². The van der Waals surface area contributed by atoms with Crippen molar-refractivity contribution in [2.45, 2.75) is 57.6 Å². The summed E-state index contributed by atoms with van der Waals surface area (Å²) < 4.78 is 64.5. The minimum absolute atomic E-state index is 0.00707. The maximum Gasteiger partial charge on any atom is 0.471 e. The largest absolute Gasteiger partial charge is 0.471 e. The van der Waals surface area contributed by atoms with Gasteiger partial charge in [0.1, 0.15) is 5.03 Å². The van der Waals surface area contributed by atoms with E-state index in [9.17, 15) is 26.4 Å². The quantitative estimate of drug-likeness (QED) is 0.446. The zero-order chi connectivity index (χ0) is 24.5. The Kier molecular flexibility index (Phi) is 6.73.